The van der Waals surface area contributed by atoms with Crippen molar-refractivity contribution in [3.05, 3.63) is 128 Å². The summed E-state index contributed by atoms with van der Waals surface area (Å²) in [7, 11) is 0. The zero-order chi connectivity index (χ0) is 34.7. The minimum absolute atomic E-state index is 0.0317. The van der Waals surface area contributed by atoms with Gasteiger partial charge in [0.1, 0.15) is 23.2 Å². The number of carboxylic acids is 1. The van der Waals surface area contributed by atoms with Crippen LogP contribution in [0.2, 0.25) is 10.0 Å². The molecular weight excluding hydrogens is 661 g/mol. The molecule has 0 bridgehead atoms. The smallest absolute Gasteiger partial charge is 0.326 e. The topological polar surface area (TPSA) is 175 Å². The summed E-state index contributed by atoms with van der Waals surface area (Å²) in [6.45, 7) is 1.77. The molecular formula is C35H27Cl2N3O8. The number of aromatic nitrogens is 1. The minimum Gasteiger partial charge on any atom is -0.508 e. The highest BCUT2D eigenvalue weighted by atomic mass is 35.5. The average Bonchev–Trinajstić information content (AvgIpc) is 3.42. The maximum Gasteiger partial charge on any atom is 0.326 e. The number of carbonyl (C=O) groups excluding carboxylic acids is 4. The highest BCUT2D eigenvalue weighted by Crippen LogP contribution is 2.29. The van der Waals surface area contributed by atoms with Gasteiger partial charge >= 0.3 is 5.97 Å². The number of carbonyl (C=O) groups is 5. The van der Waals surface area contributed by atoms with Gasteiger partial charge in [0.2, 0.25) is 0 Å². The zero-order valence-electron chi connectivity index (χ0n) is 25.2. The van der Waals surface area contributed by atoms with Gasteiger partial charge in [-0.2, -0.15) is 0 Å². The first-order valence-corrected chi connectivity index (χ1v) is 15.2. The molecule has 1 unspecified atom stereocenters. The van der Waals surface area contributed by atoms with Gasteiger partial charge in [-0.1, -0.05) is 53.5 Å². The first-order valence-electron chi connectivity index (χ1n) is 14.4. The van der Waals surface area contributed by atoms with Crippen molar-refractivity contribution in [2.24, 2.45) is 0 Å². The number of phenols is 2. The van der Waals surface area contributed by atoms with Crippen LogP contribution in [0.5, 0.6) is 11.5 Å². The number of ketones is 1. The number of phenolic OH excluding ortho intramolecular Hbond substituents is 2. The van der Waals surface area contributed by atoms with Crippen LogP contribution in [0, 0.1) is 6.92 Å². The fourth-order valence-corrected chi connectivity index (χ4v) is 5.90. The first kappa shape index (κ1) is 33.7. The highest BCUT2D eigenvalue weighted by Gasteiger charge is 2.30. The zero-order valence-corrected chi connectivity index (χ0v) is 26.7. The van der Waals surface area contributed by atoms with Crippen molar-refractivity contribution in [3.8, 4) is 11.5 Å². The lowest BCUT2D eigenvalue weighted by Gasteiger charge is -2.16. The number of amides is 2. The number of nitrogens with one attached hydrogen (secondary N) is 2. The number of fused-ring (bicyclic) bond motifs is 1. The number of hydrogen-bond acceptors (Lipinski definition) is 7. The van der Waals surface area contributed by atoms with Gasteiger partial charge in [-0.3, -0.25) is 23.7 Å². The number of hydrogen-bond donors (Lipinski definition) is 5. The van der Waals surface area contributed by atoms with Crippen LogP contribution in [0.25, 0.3) is 10.9 Å². The van der Waals surface area contributed by atoms with Gasteiger partial charge in [0.05, 0.1) is 21.1 Å². The van der Waals surface area contributed by atoms with Crippen LogP contribution in [0.3, 0.4) is 0 Å². The summed E-state index contributed by atoms with van der Waals surface area (Å²) >= 11 is 12.7. The molecule has 5 aromatic rings. The number of nitrogens with zero attached hydrogens (tertiary/aromatic N) is 1. The molecule has 1 heterocycles. The Morgan fingerprint density at radius 2 is 1.50 bits per heavy atom. The highest BCUT2D eigenvalue weighted by molar-refractivity contribution is 6.40. The molecule has 13 heteroatoms. The molecule has 244 valence electrons. The van der Waals surface area contributed by atoms with Crippen molar-refractivity contribution < 1.29 is 39.3 Å². The van der Waals surface area contributed by atoms with Gasteiger partial charge < -0.3 is 26.0 Å². The van der Waals surface area contributed by atoms with Gasteiger partial charge in [0, 0.05) is 29.5 Å². The number of halogens is 2. The fourth-order valence-electron chi connectivity index (χ4n) is 5.20. The van der Waals surface area contributed by atoms with Crippen LogP contribution < -0.4 is 10.6 Å². The van der Waals surface area contributed by atoms with E-state index in [1.54, 1.807) is 43.3 Å². The summed E-state index contributed by atoms with van der Waals surface area (Å²) in [4.78, 5) is 65.5. The summed E-state index contributed by atoms with van der Waals surface area (Å²) in [6, 6.07) is 19.3. The third-order valence-electron chi connectivity index (χ3n) is 7.40. The summed E-state index contributed by atoms with van der Waals surface area (Å²) in [5, 5.41) is 34.7. The van der Waals surface area contributed by atoms with Gasteiger partial charge in [-0.05, 0) is 72.6 Å². The largest absolute Gasteiger partial charge is 0.508 e. The Labute approximate surface area is 283 Å². The summed E-state index contributed by atoms with van der Waals surface area (Å²) in [5.41, 5.74) is 1.28. The van der Waals surface area contributed by atoms with Crippen LogP contribution in [0.1, 0.15) is 59.1 Å². The van der Waals surface area contributed by atoms with Gasteiger partial charge in [0.15, 0.2) is 5.78 Å². The molecule has 0 saturated heterocycles. The van der Waals surface area contributed by atoms with Gasteiger partial charge in [-0.15, -0.1) is 0 Å². The lowest BCUT2D eigenvalue weighted by Crippen LogP contribution is -2.43. The number of aryl methyl sites for hydroxylation is 1. The molecule has 48 heavy (non-hydrogen) atoms. The van der Waals surface area contributed by atoms with Gasteiger partial charge in [-0.25, -0.2) is 4.79 Å². The Hall–Kier alpha value is -5.65. The third-order valence-corrected chi connectivity index (χ3v) is 7.99. The van der Waals surface area contributed by atoms with E-state index >= 15 is 0 Å². The van der Waals surface area contributed by atoms with Crippen molar-refractivity contribution in [1.82, 2.24) is 15.2 Å². The van der Waals surface area contributed by atoms with Gasteiger partial charge in [0.25, 0.3) is 17.7 Å². The number of Topliss-reactive ketones (excluding diaryl/α,β-unsaturated/α-hetero) is 1. The van der Waals surface area contributed by atoms with E-state index in [9.17, 15) is 39.3 Å². The number of carboxylic acid groups (broad SMARTS) is 1. The first-order chi connectivity index (χ1) is 22.8. The molecule has 4 aromatic carbocycles. The second-order valence-corrected chi connectivity index (χ2v) is 11.8. The molecule has 0 aliphatic rings. The molecule has 0 saturated carbocycles. The second-order valence-electron chi connectivity index (χ2n) is 10.9. The second kappa shape index (κ2) is 14.0. The number of aromatic hydroxyl groups is 2. The van der Waals surface area contributed by atoms with Crippen molar-refractivity contribution in [1.29, 1.82) is 0 Å². The van der Waals surface area contributed by atoms with E-state index in [4.69, 9.17) is 23.2 Å². The summed E-state index contributed by atoms with van der Waals surface area (Å²) in [5.74, 6) is -4.64. The van der Waals surface area contributed by atoms with E-state index in [1.165, 1.54) is 48.5 Å². The summed E-state index contributed by atoms with van der Waals surface area (Å²) in [6.07, 6.45) is -0.760. The van der Waals surface area contributed by atoms with E-state index in [0.29, 0.717) is 22.0 Å². The SMILES string of the molecule is Cc1cc(O)cc(C(=O)n2c(C(=O)NC(CC(=O)c3c(Cl)cc(C(=O)NCc4cccc(O)c4)cc3Cl)C(=O)O)cc3ccccc32)c1. The van der Waals surface area contributed by atoms with Crippen LogP contribution in [0.4, 0.5) is 0 Å². The van der Waals surface area contributed by atoms with Crippen molar-refractivity contribution >= 4 is 63.6 Å². The lowest BCUT2D eigenvalue weighted by molar-refractivity contribution is -0.139. The van der Waals surface area contributed by atoms with E-state index in [1.807, 2.05) is 0 Å². The molecule has 5 rings (SSSR count). The molecule has 0 aliphatic carbocycles. The molecule has 1 atom stereocenters. The van der Waals surface area contributed by atoms with Crippen LogP contribution >= 0.6 is 23.2 Å². The average molecular weight is 689 g/mol. The molecule has 11 nitrogen and oxygen atoms in total. The molecule has 0 radical (unpaired) electrons. The lowest BCUT2D eigenvalue weighted by atomic mass is 10.0. The minimum atomic E-state index is -1.76. The van der Waals surface area contributed by atoms with Crippen LogP contribution in [-0.4, -0.2) is 55.4 Å². The number of rotatable bonds is 10. The molecule has 2 amide bonds. The predicted molar refractivity (Wildman–Crippen MR) is 178 cm³/mol. The monoisotopic (exact) mass is 687 g/mol. The molecule has 0 fully saturated rings. The van der Waals surface area contributed by atoms with Crippen molar-refractivity contribution in [2.45, 2.75) is 25.9 Å². The Morgan fingerprint density at radius 1 is 0.792 bits per heavy atom. The Bertz CT molecular complexity index is 2080. The molecule has 5 N–H and O–H groups in total. The maximum atomic E-state index is 13.6. The maximum absolute atomic E-state index is 13.6. The van der Waals surface area contributed by atoms with E-state index in [2.05, 4.69) is 10.6 Å². The Balaban J connectivity index is 1.36. The fraction of sp³-hybridized carbons (Fsp3) is 0.114. The molecule has 1 aromatic heterocycles. The van der Waals surface area contributed by atoms with E-state index < -0.39 is 41.9 Å². The normalized spacial score (nSPS) is 11.6. The van der Waals surface area contributed by atoms with Crippen LogP contribution in [-0.2, 0) is 11.3 Å². The quantitative estimate of drug-likeness (QED) is 0.115. The number of aliphatic carboxylic acids is 1. The number of para-hydroxylation sites is 1. The standard InChI is InChI=1S/C35H27Cl2N3O8/c1-18-9-22(12-24(42)10-18)34(46)40-28-8-3-2-6-20(28)15-29(40)33(45)39-27(35(47)48)16-30(43)31-25(36)13-21(14-26(31)37)32(44)38-17-19-5-4-7-23(41)11-19/h2-15,27,41-42H,16-17H2,1H3,(H,38,44)(H,39,45)(H,47,48). The predicted octanol–water partition coefficient (Wildman–Crippen LogP) is 5.74. The Morgan fingerprint density at radius 3 is 2.17 bits per heavy atom. The van der Waals surface area contributed by atoms with Crippen molar-refractivity contribution in [2.75, 3.05) is 0 Å². The Kier molecular flexibility index (Phi) is 9.83. The summed E-state index contributed by atoms with van der Waals surface area (Å²) < 4.78 is 1.11. The van der Waals surface area contributed by atoms with E-state index in [-0.39, 0.29) is 50.5 Å². The third kappa shape index (κ3) is 7.33. The van der Waals surface area contributed by atoms with Crippen LogP contribution in [0.15, 0.2) is 84.9 Å². The number of benzene rings is 4. The van der Waals surface area contributed by atoms with E-state index in [0.717, 1.165) is 4.57 Å². The van der Waals surface area contributed by atoms with Crippen molar-refractivity contribution in [3.63, 3.8) is 0 Å². The molecule has 0 spiro atoms. The molecule has 0 aliphatic heterocycles.